The van der Waals surface area contributed by atoms with Crippen LogP contribution >= 0.6 is 11.3 Å². The molecule has 0 aliphatic carbocycles. The minimum absolute atomic E-state index is 0.615. The molecule has 0 bridgehead atoms. The highest BCUT2D eigenvalue weighted by atomic mass is 32.1. The van der Waals surface area contributed by atoms with E-state index in [0.717, 1.165) is 11.4 Å². The molecule has 0 saturated carbocycles. The van der Waals surface area contributed by atoms with Crippen LogP contribution in [0.4, 0.5) is 0 Å². The van der Waals surface area contributed by atoms with Crippen LogP contribution in [0.2, 0.25) is 0 Å². The van der Waals surface area contributed by atoms with Crippen LogP contribution in [0.3, 0.4) is 0 Å². The van der Waals surface area contributed by atoms with Gasteiger partial charge in [-0.3, -0.25) is 0 Å². The molecule has 1 unspecified atom stereocenters. The van der Waals surface area contributed by atoms with Crippen molar-refractivity contribution in [2.45, 2.75) is 19.4 Å². The van der Waals surface area contributed by atoms with Crippen LogP contribution in [0.5, 0.6) is 0 Å². The fraction of sp³-hybridized carbons (Fsp3) is 0.556. The normalized spacial score (nSPS) is 15.9. The maximum Gasteiger partial charge on any atom is 0.108 e. The van der Waals surface area contributed by atoms with E-state index in [4.69, 9.17) is 0 Å². The second-order valence-corrected chi connectivity index (χ2v) is 3.98. The average Bonchev–Trinajstić information content (AvgIpc) is 2.53. The van der Waals surface area contributed by atoms with E-state index in [1.807, 2.05) is 31.4 Å². The molecule has 3 heteroatoms. The van der Waals surface area contributed by atoms with E-state index < -0.39 is 5.60 Å². The van der Waals surface area contributed by atoms with E-state index in [1.54, 1.807) is 11.3 Å². The predicted octanol–water partition coefficient (Wildman–Crippen LogP) is 1.57. The lowest BCUT2D eigenvalue weighted by Gasteiger charge is -2.21. The largest absolute Gasteiger partial charge is 0.383 e. The standard InChI is InChI=1S/C9H15NOS/c1-3-10-7-9(2,11)8-5-4-6-12-8/h4-6,10-11H,3,7H2,1-2H3. The summed E-state index contributed by atoms with van der Waals surface area (Å²) >= 11 is 1.59. The fourth-order valence-electron chi connectivity index (χ4n) is 1.04. The molecule has 1 aromatic heterocycles. The Kier molecular flexibility index (Phi) is 3.26. The van der Waals surface area contributed by atoms with Gasteiger partial charge in [0, 0.05) is 11.4 Å². The molecule has 1 rings (SSSR count). The Hall–Kier alpha value is -0.380. The van der Waals surface area contributed by atoms with Crippen molar-refractivity contribution in [1.82, 2.24) is 5.32 Å². The van der Waals surface area contributed by atoms with E-state index >= 15 is 0 Å². The first-order chi connectivity index (χ1) is 5.67. The molecule has 1 aromatic rings. The summed E-state index contributed by atoms with van der Waals surface area (Å²) in [6.45, 7) is 5.37. The van der Waals surface area contributed by atoms with Crippen molar-refractivity contribution in [3.05, 3.63) is 22.4 Å². The first-order valence-electron chi connectivity index (χ1n) is 4.14. The first kappa shape index (κ1) is 9.71. The van der Waals surface area contributed by atoms with Crippen LogP contribution in [0.1, 0.15) is 18.7 Å². The number of thiophene rings is 1. The van der Waals surface area contributed by atoms with Gasteiger partial charge in [-0.25, -0.2) is 0 Å². The zero-order valence-electron chi connectivity index (χ0n) is 7.50. The van der Waals surface area contributed by atoms with Gasteiger partial charge in [-0.1, -0.05) is 13.0 Å². The highest BCUT2D eigenvalue weighted by Crippen LogP contribution is 2.24. The van der Waals surface area contributed by atoms with E-state index in [2.05, 4.69) is 5.32 Å². The van der Waals surface area contributed by atoms with Crippen LogP contribution in [-0.4, -0.2) is 18.2 Å². The van der Waals surface area contributed by atoms with Crippen LogP contribution in [0.15, 0.2) is 17.5 Å². The minimum Gasteiger partial charge on any atom is -0.383 e. The third kappa shape index (κ3) is 2.30. The molecular formula is C9H15NOS. The van der Waals surface area contributed by atoms with Crippen LogP contribution in [-0.2, 0) is 5.60 Å². The predicted molar refractivity (Wildman–Crippen MR) is 52.4 cm³/mol. The Morgan fingerprint density at radius 2 is 2.42 bits per heavy atom. The molecule has 68 valence electrons. The monoisotopic (exact) mass is 185 g/mol. The van der Waals surface area contributed by atoms with E-state index in [9.17, 15) is 5.11 Å². The smallest absolute Gasteiger partial charge is 0.108 e. The van der Waals surface area contributed by atoms with Gasteiger partial charge in [0.05, 0.1) is 0 Å². The van der Waals surface area contributed by atoms with Gasteiger partial charge < -0.3 is 10.4 Å². The molecule has 0 aromatic carbocycles. The second kappa shape index (κ2) is 4.03. The van der Waals surface area contributed by atoms with Crippen LogP contribution in [0.25, 0.3) is 0 Å². The maximum absolute atomic E-state index is 9.95. The van der Waals surface area contributed by atoms with Crippen molar-refractivity contribution in [3.8, 4) is 0 Å². The van der Waals surface area contributed by atoms with Crippen molar-refractivity contribution < 1.29 is 5.11 Å². The number of hydrogen-bond acceptors (Lipinski definition) is 3. The molecule has 0 fully saturated rings. The van der Waals surface area contributed by atoms with Crippen molar-refractivity contribution >= 4 is 11.3 Å². The minimum atomic E-state index is -0.718. The van der Waals surface area contributed by atoms with Gasteiger partial charge in [0.25, 0.3) is 0 Å². The van der Waals surface area contributed by atoms with E-state index in [0.29, 0.717) is 6.54 Å². The summed E-state index contributed by atoms with van der Waals surface area (Å²) in [6.07, 6.45) is 0. The van der Waals surface area contributed by atoms with E-state index in [-0.39, 0.29) is 0 Å². The molecule has 0 radical (unpaired) electrons. The quantitative estimate of drug-likeness (QED) is 0.746. The van der Waals surface area contributed by atoms with E-state index in [1.165, 1.54) is 0 Å². The van der Waals surface area contributed by atoms with Crippen molar-refractivity contribution in [2.24, 2.45) is 0 Å². The highest BCUT2D eigenvalue weighted by molar-refractivity contribution is 7.10. The van der Waals surface area contributed by atoms with Gasteiger partial charge in [0.1, 0.15) is 5.60 Å². The molecule has 1 heterocycles. The number of rotatable bonds is 4. The lowest BCUT2D eigenvalue weighted by atomic mass is 10.1. The molecule has 0 aliphatic rings. The molecule has 0 amide bonds. The SMILES string of the molecule is CCNCC(C)(O)c1cccs1. The van der Waals surface area contributed by atoms with Crippen molar-refractivity contribution in [1.29, 1.82) is 0 Å². The summed E-state index contributed by atoms with van der Waals surface area (Å²) in [5.74, 6) is 0. The summed E-state index contributed by atoms with van der Waals surface area (Å²) in [7, 11) is 0. The Bertz CT molecular complexity index is 218. The summed E-state index contributed by atoms with van der Waals surface area (Å²) < 4.78 is 0. The van der Waals surface area contributed by atoms with Gasteiger partial charge in [0.2, 0.25) is 0 Å². The van der Waals surface area contributed by atoms with Gasteiger partial charge in [-0.15, -0.1) is 11.3 Å². The fourth-order valence-corrected chi connectivity index (χ4v) is 1.83. The molecule has 0 saturated heterocycles. The summed E-state index contributed by atoms with van der Waals surface area (Å²) in [5, 5.41) is 15.1. The van der Waals surface area contributed by atoms with Crippen molar-refractivity contribution in [2.75, 3.05) is 13.1 Å². The number of likely N-dealkylation sites (N-methyl/N-ethyl adjacent to an activating group) is 1. The maximum atomic E-state index is 9.95. The molecule has 12 heavy (non-hydrogen) atoms. The second-order valence-electron chi connectivity index (χ2n) is 3.03. The third-order valence-electron chi connectivity index (χ3n) is 1.77. The zero-order valence-corrected chi connectivity index (χ0v) is 8.32. The third-order valence-corrected chi connectivity index (χ3v) is 2.89. The Morgan fingerprint density at radius 1 is 1.67 bits per heavy atom. The summed E-state index contributed by atoms with van der Waals surface area (Å²) in [6, 6.07) is 3.92. The number of aliphatic hydroxyl groups is 1. The molecule has 1 atom stereocenters. The average molecular weight is 185 g/mol. The number of nitrogens with one attached hydrogen (secondary N) is 1. The zero-order chi connectivity index (χ0) is 9.03. The Labute approximate surface area is 77.2 Å². The molecule has 0 spiro atoms. The molecule has 2 N–H and O–H groups in total. The van der Waals surface area contributed by atoms with Gasteiger partial charge >= 0.3 is 0 Å². The highest BCUT2D eigenvalue weighted by Gasteiger charge is 2.22. The van der Waals surface area contributed by atoms with Gasteiger partial charge in [0.15, 0.2) is 0 Å². The van der Waals surface area contributed by atoms with Gasteiger partial charge in [-0.2, -0.15) is 0 Å². The molecule has 2 nitrogen and oxygen atoms in total. The summed E-state index contributed by atoms with van der Waals surface area (Å²) in [5.41, 5.74) is -0.718. The number of hydrogen-bond donors (Lipinski definition) is 2. The lowest BCUT2D eigenvalue weighted by molar-refractivity contribution is 0.0614. The molecular weight excluding hydrogens is 170 g/mol. The van der Waals surface area contributed by atoms with Crippen molar-refractivity contribution in [3.63, 3.8) is 0 Å². The Balaban J connectivity index is 2.59. The first-order valence-corrected chi connectivity index (χ1v) is 5.02. The topological polar surface area (TPSA) is 32.3 Å². The van der Waals surface area contributed by atoms with Gasteiger partial charge in [-0.05, 0) is 24.9 Å². The molecule has 0 aliphatic heterocycles. The summed E-state index contributed by atoms with van der Waals surface area (Å²) in [4.78, 5) is 1.02. The lowest BCUT2D eigenvalue weighted by Crippen LogP contribution is -2.34. The van der Waals surface area contributed by atoms with Crippen LogP contribution in [0, 0.1) is 0 Å². The van der Waals surface area contributed by atoms with Crippen LogP contribution < -0.4 is 5.32 Å². The Morgan fingerprint density at radius 3 is 2.92 bits per heavy atom.